The van der Waals surface area contributed by atoms with Crippen molar-refractivity contribution < 1.29 is 9.53 Å². The van der Waals surface area contributed by atoms with Crippen LogP contribution in [0.3, 0.4) is 0 Å². The fraction of sp³-hybridized carbons (Fsp3) is 0.292. The largest absolute Gasteiger partial charge is 0.493 e. The summed E-state index contributed by atoms with van der Waals surface area (Å²) in [6, 6.07) is 16.0. The van der Waals surface area contributed by atoms with Crippen LogP contribution in [0.2, 0.25) is 0 Å². The zero-order chi connectivity index (χ0) is 21.4. The van der Waals surface area contributed by atoms with Gasteiger partial charge in [0.1, 0.15) is 11.6 Å². The summed E-state index contributed by atoms with van der Waals surface area (Å²) < 4.78 is 8.95. The smallest absolute Gasteiger partial charge is 0.226 e. The first-order chi connectivity index (χ1) is 15.2. The fourth-order valence-corrected chi connectivity index (χ4v) is 5.05. The average molecular weight is 433 g/mol. The van der Waals surface area contributed by atoms with Crippen LogP contribution in [-0.2, 0) is 4.79 Å². The van der Waals surface area contributed by atoms with Gasteiger partial charge in [-0.2, -0.15) is 9.78 Å². The summed E-state index contributed by atoms with van der Waals surface area (Å²) in [7, 11) is 0. The van der Waals surface area contributed by atoms with Crippen LogP contribution >= 0.6 is 11.3 Å². The summed E-state index contributed by atoms with van der Waals surface area (Å²) in [5.74, 6) is 1.42. The third-order valence-corrected chi connectivity index (χ3v) is 6.63. The minimum Gasteiger partial charge on any atom is -0.493 e. The van der Waals surface area contributed by atoms with Crippen LogP contribution in [0.25, 0.3) is 15.3 Å². The van der Waals surface area contributed by atoms with Crippen molar-refractivity contribution in [1.82, 2.24) is 14.8 Å². The molecule has 0 saturated carbocycles. The van der Waals surface area contributed by atoms with Gasteiger partial charge in [0.2, 0.25) is 11.0 Å². The quantitative estimate of drug-likeness (QED) is 0.412. The number of nitrogens with zero attached hydrogens (tertiary/aromatic N) is 3. The standard InChI is InChI=1S/C24H24N4O2S/c1-3-4-13-30-19-11-7-5-9-16(19)17-14-21(29)26-23-22(17)15(2)27-28(23)24-25-18-10-6-8-12-20(18)31-24/h5-12,17H,3-4,13-14H2,1-2H3,(H,26,29)/t17-/m0/s1. The molecule has 7 heteroatoms. The Bertz CT molecular complexity index is 1230. The van der Waals surface area contributed by atoms with Crippen LogP contribution in [0.1, 0.15) is 48.9 Å². The Morgan fingerprint density at radius 3 is 2.84 bits per heavy atom. The lowest BCUT2D eigenvalue weighted by Crippen LogP contribution is -2.25. The fourth-order valence-electron chi connectivity index (χ4n) is 4.13. The molecule has 0 saturated heterocycles. The Labute approximate surface area is 184 Å². The Morgan fingerprint density at radius 2 is 2.00 bits per heavy atom. The number of rotatable bonds is 6. The molecular formula is C24H24N4O2S. The molecule has 0 radical (unpaired) electrons. The lowest BCUT2D eigenvalue weighted by Gasteiger charge is -2.25. The molecule has 1 atom stereocenters. The molecule has 6 nitrogen and oxygen atoms in total. The first-order valence-electron chi connectivity index (χ1n) is 10.6. The molecular weight excluding hydrogens is 408 g/mol. The predicted octanol–water partition coefficient (Wildman–Crippen LogP) is 5.44. The highest BCUT2D eigenvalue weighted by Gasteiger charge is 2.34. The van der Waals surface area contributed by atoms with Crippen LogP contribution in [0.15, 0.2) is 48.5 Å². The minimum absolute atomic E-state index is 0.0249. The number of aromatic nitrogens is 3. The van der Waals surface area contributed by atoms with Gasteiger partial charge in [0.15, 0.2) is 0 Å². The van der Waals surface area contributed by atoms with Gasteiger partial charge in [-0.05, 0) is 31.5 Å². The molecule has 2 aromatic heterocycles. The van der Waals surface area contributed by atoms with E-state index in [1.807, 2.05) is 49.4 Å². The third-order valence-electron chi connectivity index (χ3n) is 5.62. The van der Waals surface area contributed by atoms with Gasteiger partial charge < -0.3 is 10.1 Å². The van der Waals surface area contributed by atoms with Crippen molar-refractivity contribution in [3.8, 4) is 10.9 Å². The van der Waals surface area contributed by atoms with Crippen molar-refractivity contribution in [3.05, 3.63) is 65.4 Å². The van der Waals surface area contributed by atoms with Crippen LogP contribution in [-0.4, -0.2) is 27.3 Å². The predicted molar refractivity (Wildman–Crippen MR) is 123 cm³/mol. The van der Waals surface area contributed by atoms with E-state index in [0.717, 1.165) is 50.8 Å². The van der Waals surface area contributed by atoms with Crippen LogP contribution in [0.5, 0.6) is 5.75 Å². The number of amides is 1. The summed E-state index contributed by atoms with van der Waals surface area (Å²) in [5, 5.41) is 8.58. The van der Waals surface area contributed by atoms with Crippen LogP contribution in [0, 0.1) is 6.92 Å². The van der Waals surface area contributed by atoms with E-state index in [9.17, 15) is 4.79 Å². The summed E-state index contributed by atoms with van der Waals surface area (Å²) >= 11 is 1.56. The summed E-state index contributed by atoms with van der Waals surface area (Å²) in [5.41, 5.74) is 3.88. The number of unbranched alkanes of at least 4 members (excludes halogenated alkanes) is 1. The van der Waals surface area contributed by atoms with Crippen molar-refractivity contribution in [2.45, 2.75) is 39.0 Å². The van der Waals surface area contributed by atoms with Gasteiger partial charge >= 0.3 is 0 Å². The number of para-hydroxylation sites is 2. The van der Waals surface area contributed by atoms with Gasteiger partial charge in [-0.3, -0.25) is 4.79 Å². The van der Waals surface area contributed by atoms with Crippen LogP contribution < -0.4 is 10.1 Å². The molecule has 1 amide bonds. The molecule has 0 unspecified atom stereocenters. The number of benzene rings is 2. The number of fused-ring (bicyclic) bond motifs is 2. The third kappa shape index (κ3) is 3.59. The van der Waals surface area contributed by atoms with Gasteiger partial charge in [-0.15, -0.1) is 0 Å². The molecule has 0 fully saturated rings. The number of nitrogens with one attached hydrogen (secondary N) is 1. The molecule has 158 valence electrons. The van der Waals surface area contributed by atoms with Gasteiger partial charge in [0.05, 0.1) is 22.5 Å². The van der Waals surface area contributed by atoms with E-state index in [1.54, 1.807) is 16.0 Å². The number of ether oxygens (including phenoxy) is 1. The topological polar surface area (TPSA) is 69.0 Å². The maximum Gasteiger partial charge on any atom is 0.226 e. The van der Waals surface area contributed by atoms with E-state index in [1.165, 1.54) is 0 Å². The van der Waals surface area contributed by atoms with E-state index < -0.39 is 0 Å². The second kappa shape index (κ2) is 8.15. The molecule has 0 spiro atoms. The lowest BCUT2D eigenvalue weighted by molar-refractivity contribution is -0.116. The van der Waals surface area contributed by atoms with E-state index in [-0.39, 0.29) is 11.8 Å². The number of hydrogen-bond donors (Lipinski definition) is 1. The van der Waals surface area contributed by atoms with Crippen molar-refractivity contribution in [3.63, 3.8) is 0 Å². The average Bonchev–Trinajstić information content (AvgIpc) is 3.35. The second-order valence-electron chi connectivity index (χ2n) is 7.77. The first-order valence-corrected chi connectivity index (χ1v) is 11.4. The van der Waals surface area contributed by atoms with E-state index in [0.29, 0.717) is 18.8 Å². The molecule has 2 aromatic carbocycles. The number of anilines is 1. The van der Waals surface area contributed by atoms with Crippen molar-refractivity contribution >= 4 is 33.3 Å². The molecule has 31 heavy (non-hydrogen) atoms. The Hall–Kier alpha value is -3.19. The number of aryl methyl sites for hydroxylation is 1. The van der Waals surface area contributed by atoms with Gasteiger partial charge in [-0.1, -0.05) is 55.0 Å². The molecule has 3 heterocycles. The molecule has 4 aromatic rings. The number of hydrogen-bond acceptors (Lipinski definition) is 5. The first kappa shape index (κ1) is 19.8. The maximum atomic E-state index is 12.7. The van der Waals surface area contributed by atoms with E-state index in [4.69, 9.17) is 14.8 Å². The normalized spacial score (nSPS) is 15.7. The van der Waals surface area contributed by atoms with Gasteiger partial charge in [-0.25, -0.2) is 4.98 Å². The second-order valence-corrected chi connectivity index (χ2v) is 8.78. The molecule has 1 aliphatic heterocycles. The molecule has 5 rings (SSSR count). The molecule has 1 aliphatic rings. The van der Waals surface area contributed by atoms with E-state index >= 15 is 0 Å². The monoisotopic (exact) mass is 432 g/mol. The Kier molecular flexibility index (Phi) is 5.19. The highest BCUT2D eigenvalue weighted by Crippen LogP contribution is 2.43. The van der Waals surface area contributed by atoms with Crippen molar-refractivity contribution in [2.24, 2.45) is 0 Å². The molecule has 0 aliphatic carbocycles. The summed E-state index contributed by atoms with van der Waals surface area (Å²) in [4.78, 5) is 17.5. The SMILES string of the molecule is CCCCOc1ccccc1[C@@H]1CC(=O)Nc2c1c(C)nn2-c1nc2ccccc2s1. The summed E-state index contributed by atoms with van der Waals surface area (Å²) in [6.07, 6.45) is 2.44. The molecule has 1 N–H and O–H groups in total. The number of carbonyl (C=O) groups is 1. The lowest BCUT2D eigenvalue weighted by atomic mass is 9.85. The van der Waals surface area contributed by atoms with Gasteiger partial charge in [0, 0.05) is 23.5 Å². The highest BCUT2D eigenvalue weighted by atomic mass is 32.1. The zero-order valence-electron chi connectivity index (χ0n) is 17.6. The van der Waals surface area contributed by atoms with Crippen molar-refractivity contribution in [1.29, 1.82) is 0 Å². The number of carbonyl (C=O) groups excluding carboxylic acids is 1. The Morgan fingerprint density at radius 1 is 1.19 bits per heavy atom. The minimum atomic E-state index is -0.107. The van der Waals surface area contributed by atoms with Crippen LogP contribution in [0.4, 0.5) is 5.82 Å². The zero-order valence-corrected chi connectivity index (χ0v) is 18.4. The molecule has 0 bridgehead atoms. The van der Waals surface area contributed by atoms with Gasteiger partial charge in [0.25, 0.3) is 0 Å². The summed E-state index contributed by atoms with van der Waals surface area (Å²) in [6.45, 7) is 4.81. The highest BCUT2D eigenvalue weighted by molar-refractivity contribution is 7.20. The van der Waals surface area contributed by atoms with E-state index in [2.05, 4.69) is 18.3 Å². The Balaban J connectivity index is 1.60. The van der Waals surface area contributed by atoms with Crippen molar-refractivity contribution in [2.75, 3.05) is 11.9 Å². The number of thiazole rings is 1. The maximum absolute atomic E-state index is 12.7.